The molecule has 1 aliphatic heterocycles. The molecule has 0 radical (unpaired) electrons. The first-order valence-corrected chi connectivity index (χ1v) is 6.38. The molecular formula is C9H18O6P+. The number of aliphatic hydroxyl groups is 1. The van der Waals surface area contributed by atoms with E-state index >= 15 is 0 Å². The van der Waals surface area contributed by atoms with E-state index in [9.17, 15) is 4.57 Å². The van der Waals surface area contributed by atoms with Crippen LogP contribution in [0.15, 0.2) is 0 Å². The van der Waals surface area contributed by atoms with Gasteiger partial charge >= 0.3 is 8.25 Å². The van der Waals surface area contributed by atoms with Crippen LogP contribution in [0.25, 0.3) is 0 Å². The number of ether oxygens (including phenoxy) is 2. The lowest BCUT2D eigenvalue weighted by atomic mass is 10.1. The van der Waals surface area contributed by atoms with Gasteiger partial charge in [-0.25, -0.2) is 0 Å². The van der Waals surface area contributed by atoms with Gasteiger partial charge in [-0.15, -0.1) is 4.52 Å². The van der Waals surface area contributed by atoms with Crippen molar-refractivity contribution in [2.24, 2.45) is 0 Å². The second kappa shape index (κ2) is 7.27. The SMILES string of the molecule is CCOCO[P+](=O)O[C@@H]1C[C@H](C)O[C@@H]1CO. The third-order valence-electron chi connectivity index (χ3n) is 2.23. The molecule has 94 valence electrons. The molecule has 1 heterocycles. The fourth-order valence-corrected chi connectivity index (χ4v) is 2.16. The third-order valence-corrected chi connectivity index (χ3v) is 2.99. The summed E-state index contributed by atoms with van der Waals surface area (Å²) in [6.45, 7) is 3.97. The Balaban J connectivity index is 2.27. The molecule has 0 amide bonds. The summed E-state index contributed by atoms with van der Waals surface area (Å²) in [5.74, 6) is 0. The van der Waals surface area contributed by atoms with Gasteiger partial charge in [-0.05, 0) is 13.8 Å². The summed E-state index contributed by atoms with van der Waals surface area (Å²) in [6, 6.07) is 0. The van der Waals surface area contributed by atoms with Crippen molar-refractivity contribution in [1.82, 2.24) is 0 Å². The number of hydrogen-bond acceptors (Lipinski definition) is 6. The van der Waals surface area contributed by atoms with E-state index in [-0.39, 0.29) is 25.6 Å². The van der Waals surface area contributed by atoms with Gasteiger partial charge in [-0.1, -0.05) is 4.52 Å². The summed E-state index contributed by atoms with van der Waals surface area (Å²) in [7, 11) is -2.22. The van der Waals surface area contributed by atoms with E-state index in [1.165, 1.54) is 0 Å². The van der Waals surface area contributed by atoms with Crippen LogP contribution in [-0.4, -0.2) is 43.4 Å². The zero-order valence-electron chi connectivity index (χ0n) is 9.50. The van der Waals surface area contributed by atoms with Crippen LogP contribution < -0.4 is 0 Å². The lowest BCUT2D eigenvalue weighted by molar-refractivity contribution is -0.0210. The van der Waals surface area contributed by atoms with Gasteiger partial charge < -0.3 is 14.6 Å². The quantitative estimate of drug-likeness (QED) is 0.417. The molecule has 0 spiro atoms. The fraction of sp³-hybridized carbons (Fsp3) is 1.00. The smallest absolute Gasteiger partial charge is 0.394 e. The topological polar surface area (TPSA) is 74.2 Å². The molecule has 0 aromatic carbocycles. The van der Waals surface area contributed by atoms with Gasteiger partial charge in [0.1, 0.15) is 12.2 Å². The molecule has 1 rings (SSSR count). The third kappa shape index (κ3) is 4.41. The first kappa shape index (κ1) is 14.0. The van der Waals surface area contributed by atoms with Crippen LogP contribution in [0, 0.1) is 0 Å². The van der Waals surface area contributed by atoms with Gasteiger partial charge in [0.05, 0.1) is 12.7 Å². The summed E-state index contributed by atoms with van der Waals surface area (Å²) >= 11 is 0. The van der Waals surface area contributed by atoms with E-state index in [0.29, 0.717) is 13.0 Å². The Morgan fingerprint density at radius 2 is 2.31 bits per heavy atom. The van der Waals surface area contributed by atoms with E-state index in [4.69, 9.17) is 23.6 Å². The van der Waals surface area contributed by atoms with Crippen molar-refractivity contribution < 1.29 is 28.2 Å². The lowest BCUT2D eigenvalue weighted by Gasteiger charge is -2.09. The Morgan fingerprint density at radius 1 is 1.56 bits per heavy atom. The van der Waals surface area contributed by atoms with Crippen LogP contribution in [0.1, 0.15) is 20.3 Å². The molecule has 0 aromatic rings. The van der Waals surface area contributed by atoms with Crippen molar-refractivity contribution in [2.75, 3.05) is 20.0 Å². The molecule has 0 bridgehead atoms. The number of rotatable bonds is 7. The summed E-state index contributed by atoms with van der Waals surface area (Å²) in [5.41, 5.74) is 0. The second-order valence-electron chi connectivity index (χ2n) is 3.51. The Bertz CT molecular complexity index is 224. The zero-order chi connectivity index (χ0) is 12.0. The highest BCUT2D eigenvalue weighted by molar-refractivity contribution is 7.33. The Labute approximate surface area is 95.8 Å². The largest absolute Gasteiger partial charge is 0.700 e. The minimum atomic E-state index is -2.22. The molecule has 7 heteroatoms. The normalized spacial score (nSPS) is 30.7. The summed E-state index contributed by atoms with van der Waals surface area (Å²) in [4.78, 5) is 0. The standard InChI is InChI=1S/C9H18O6P/c1-3-12-6-13-16(11)15-8-4-7(2)14-9(8)5-10/h7-10H,3-6H2,1-2H3/q+1/t7-,8+,9+/m0/s1. The molecule has 0 saturated carbocycles. The molecule has 1 N–H and O–H groups in total. The minimum Gasteiger partial charge on any atom is -0.394 e. The van der Waals surface area contributed by atoms with Gasteiger partial charge in [0.25, 0.3) is 0 Å². The predicted molar refractivity (Wildman–Crippen MR) is 56.1 cm³/mol. The minimum absolute atomic E-state index is 0.00237. The first-order valence-electron chi connectivity index (χ1n) is 5.28. The summed E-state index contributed by atoms with van der Waals surface area (Å²) in [5, 5.41) is 9.02. The van der Waals surface area contributed by atoms with Crippen molar-refractivity contribution in [3.05, 3.63) is 0 Å². The molecule has 6 nitrogen and oxygen atoms in total. The van der Waals surface area contributed by atoms with Crippen LogP contribution in [0.2, 0.25) is 0 Å². The molecule has 1 unspecified atom stereocenters. The highest BCUT2D eigenvalue weighted by Crippen LogP contribution is 2.33. The molecule has 1 fully saturated rings. The van der Waals surface area contributed by atoms with Gasteiger partial charge in [0, 0.05) is 17.6 Å². The fourth-order valence-electron chi connectivity index (χ4n) is 1.50. The average Bonchev–Trinajstić information content (AvgIpc) is 2.59. The molecule has 4 atom stereocenters. The van der Waals surface area contributed by atoms with Gasteiger partial charge in [0.15, 0.2) is 0 Å². The molecule has 1 saturated heterocycles. The van der Waals surface area contributed by atoms with Crippen LogP contribution in [0.3, 0.4) is 0 Å². The average molecular weight is 253 g/mol. The zero-order valence-corrected chi connectivity index (χ0v) is 10.4. The molecule has 16 heavy (non-hydrogen) atoms. The van der Waals surface area contributed by atoms with Crippen molar-refractivity contribution >= 4 is 8.25 Å². The number of aliphatic hydroxyl groups excluding tert-OH is 1. The van der Waals surface area contributed by atoms with E-state index in [2.05, 4.69) is 0 Å². The maximum atomic E-state index is 11.3. The molecule has 0 aromatic heterocycles. The Kier molecular flexibility index (Phi) is 6.34. The monoisotopic (exact) mass is 253 g/mol. The van der Waals surface area contributed by atoms with Crippen LogP contribution in [0.5, 0.6) is 0 Å². The van der Waals surface area contributed by atoms with E-state index < -0.39 is 14.4 Å². The maximum absolute atomic E-state index is 11.3. The summed E-state index contributed by atoms with van der Waals surface area (Å²) < 4.78 is 31.5. The maximum Gasteiger partial charge on any atom is 0.700 e. The summed E-state index contributed by atoms with van der Waals surface area (Å²) in [6.07, 6.45) is -0.211. The molecule has 0 aliphatic carbocycles. The van der Waals surface area contributed by atoms with E-state index in [1.54, 1.807) is 0 Å². The second-order valence-corrected chi connectivity index (χ2v) is 4.43. The molecule has 1 aliphatic rings. The first-order chi connectivity index (χ1) is 7.67. The highest BCUT2D eigenvalue weighted by atomic mass is 31.1. The number of hydrogen-bond donors (Lipinski definition) is 1. The van der Waals surface area contributed by atoms with Crippen molar-refractivity contribution in [3.63, 3.8) is 0 Å². The van der Waals surface area contributed by atoms with Crippen molar-refractivity contribution in [1.29, 1.82) is 0 Å². The predicted octanol–water partition coefficient (Wildman–Crippen LogP) is 1.21. The van der Waals surface area contributed by atoms with E-state index in [0.717, 1.165) is 0 Å². The van der Waals surface area contributed by atoms with Gasteiger partial charge in [0.2, 0.25) is 6.79 Å². The Morgan fingerprint density at radius 3 is 2.94 bits per heavy atom. The van der Waals surface area contributed by atoms with Crippen molar-refractivity contribution in [2.45, 2.75) is 38.6 Å². The van der Waals surface area contributed by atoms with Gasteiger partial charge in [-0.2, -0.15) is 0 Å². The lowest BCUT2D eigenvalue weighted by Crippen LogP contribution is -2.26. The van der Waals surface area contributed by atoms with Crippen LogP contribution in [0.4, 0.5) is 0 Å². The van der Waals surface area contributed by atoms with Crippen LogP contribution in [-0.2, 0) is 23.1 Å². The van der Waals surface area contributed by atoms with Gasteiger partial charge in [-0.3, -0.25) is 0 Å². The van der Waals surface area contributed by atoms with Crippen LogP contribution >= 0.6 is 8.25 Å². The molecular weight excluding hydrogens is 235 g/mol. The highest BCUT2D eigenvalue weighted by Gasteiger charge is 2.40. The van der Waals surface area contributed by atoms with Crippen molar-refractivity contribution in [3.8, 4) is 0 Å². The van der Waals surface area contributed by atoms with E-state index in [1.807, 2.05) is 13.8 Å². The Hall–Kier alpha value is -0.100.